The lowest BCUT2D eigenvalue weighted by Gasteiger charge is -2.09. The van der Waals surface area contributed by atoms with E-state index in [2.05, 4.69) is 47.6 Å². The van der Waals surface area contributed by atoms with Gasteiger partial charge in [0.2, 0.25) is 11.9 Å². The highest BCUT2D eigenvalue weighted by Crippen LogP contribution is 2.20. The summed E-state index contributed by atoms with van der Waals surface area (Å²) in [6.45, 7) is 6.04. The number of anilines is 2. The molecule has 8 heteroatoms. The first-order valence-corrected chi connectivity index (χ1v) is 8.48. The fourth-order valence-electron chi connectivity index (χ4n) is 1.54. The smallest absolute Gasteiger partial charge is 0.323 e. The lowest BCUT2D eigenvalue weighted by molar-refractivity contribution is 0.292. The molecule has 0 bridgehead atoms. The summed E-state index contributed by atoms with van der Waals surface area (Å²) in [6, 6.07) is 2.41. The largest absolute Gasteiger partial charge is 0.463 e. The lowest BCUT2D eigenvalue weighted by atomic mass is 10.5. The maximum atomic E-state index is 5.49. The zero-order valence-corrected chi connectivity index (χ0v) is 14.4. The molecule has 0 spiro atoms. The number of nitrogens with one attached hydrogen (secondary N) is 2. The average molecular weight is 372 g/mol. The molecule has 0 saturated heterocycles. The number of ether oxygens (including phenoxy) is 1. The van der Waals surface area contributed by atoms with Crippen molar-refractivity contribution in [1.29, 1.82) is 0 Å². The number of thiophene rings is 1. The van der Waals surface area contributed by atoms with E-state index < -0.39 is 0 Å². The summed E-state index contributed by atoms with van der Waals surface area (Å²) in [5.74, 6) is 1.03. The normalized spacial score (nSPS) is 10.4. The highest BCUT2D eigenvalue weighted by molar-refractivity contribution is 9.10. The van der Waals surface area contributed by atoms with Crippen molar-refractivity contribution in [3.63, 3.8) is 0 Å². The van der Waals surface area contributed by atoms with E-state index in [4.69, 9.17) is 4.74 Å². The molecule has 0 atom stereocenters. The molecule has 0 unspecified atom stereocenters. The predicted octanol–water partition coefficient (Wildman–Crippen LogP) is 3.53. The first-order valence-electron chi connectivity index (χ1n) is 6.80. The first kappa shape index (κ1) is 16.0. The van der Waals surface area contributed by atoms with Gasteiger partial charge in [0.25, 0.3) is 0 Å². The number of hydrogen-bond acceptors (Lipinski definition) is 7. The minimum atomic E-state index is 0.345. The quantitative estimate of drug-likeness (QED) is 0.739. The highest BCUT2D eigenvalue weighted by atomic mass is 79.9. The molecule has 0 aliphatic rings. The minimum absolute atomic E-state index is 0.345. The second-order valence-electron chi connectivity index (χ2n) is 4.23. The van der Waals surface area contributed by atoms with Crippen LogP contribution in [0.4, 0.5) is 11.9 Å². The Morgan fingerprint density at radius 3 is 2.57 bits per heavy atom. The Hall–Kier alpha value is -1.41. The van der Waals surface area contributed by atoms with Gasteiger partial charge in [-0.25, -0.2) is 0 Å². The van der Waals surface area contributed by atoms with Crippen molar-refractivity contribution < 1.29 is 4.74 Å². The topological polar surface area (TPSA) is 72.0 Å². The van der Waals surface area contributed by atoms with Crippen molar-refractivity contribution in [2.75, 3.05) is 23.8 Å². The Kier molecular flexibility index (Phi) is 6.19. The first-order chi connectivity index (χ1) is 10.2. The van der Waals surface area contributed by atoms with Gasteiger partial charge in [-0.15, -0.1) is 11.3 Å². The summed E-state index contributed by atoms with van der Waals surface area (Å²) < 4.78 is 6.58. The molecule has 114 valence electrons. The molecule has 2 aromatic rings. The van der Waals surface area contributed by atoms with Crippen LogP contribution < -0.4 is 15.4 Å². The molecule has 2 heterocycles. The van der Waals surface area contributed by atoms with Crippen LogP contribution in [0.3, 0.4) is 0 Å². The molecule has 0 radical (unpaired) electrons. The second kappa shape index (κ2) is 8.14. The Balaban J connectivity index is 2.07. The van der Waals surface area contributed by atoms with Crippen LogP contribution in [0.25, 0.3) is 0 Å². The molecule has 2 N–H and O–H groups in total. The van der Waals surface area contributed by atoms with Crippen molar-refractivity contribution in [1.82, 2.24) is 15.0 Å². The van der Waals surface area contributed by atoms with Crippen molar-refractivity contribution in [2.45, 2.75) is 26.8 Å². The highest BCUT2D eigenvalue weighted by Gasteiger charge is 2.07. The van der Waals surface area contributed by atoms with Crippen LogP contribution in [0.5, 0.6) is 6.01 Å². The SMILES string of the molecule is CCCOc1nc(NCC)nc(NCc2cc(Br)cs2)n1. The molecular formula is C13H18BrN5OS. The molecular weight excluding hydrogens is 354 g/mol. The molecule has 2 aromatic heterocycles. The van der Waals surface area contributed by atoms with Gasteiger partial charge in [0.15, 0.2) is 0 Å². The summed E-state index contributed by atoms with van der Waals surface area (Å²) in [7, 11) is 0. The summed E-state index contributed by atoms with van der Waals surface area (Å²) in [5, 5.41) is 8.32. The second-order valence-corrected chi connectivity index (χ2v) is 6.14. The van der Waals surface area contributed by atoms with Gasteiger partial charge in [-0.3, -0.25) is 0 Å². The molecule has 0 aromatic carbocycles. The van der Waals surface area contributed by atoms with Crippen molar-refractivity contribution in [3.8, 4) is 6.01 Å². The minimum Gasteiger partial charge on any atom is -0.463 e. The Bertz CT molecular complexity index is 577. The number of rotatable bonds is 8. The number of halogens is 1. The summed E-state index contributed by atoms with van der Waals surface area (Å²) >= 11 is 5.12. The van der Waals surface area contributed by atoms with Gasteiger partial charge in [-0.1, -0.05) is 6.92 Å². The van der Waals surface area contributed by atoms with E-state index in [1.807, 2.05) is 19.2 Å². The van der Waals surface area contributed by atoms with Gasteiger partial charge < -0.3 is 15.4 Å². The molecule has 0 fully saturated rings. The Morgan fingerprint density at radius 1 is 1.19 bits per heavy atom. The summed E-state index contributed by atoms with van der Waals surface area (Å²) in [5.41, 5.74) is 0. The van der Waals surface area contributed by atoms with E-state index in [9.17, 15) is 0 Å². The Morgan fingerprint density at radius 2 is 1.95 bits per heavy atom. The predicted molar refractivity (Wildman–Crippen MR) is 89.1 cm³/mol. The summed E-state index contributed by atoms with van der Waals surface area (Å²) in [6.07, 6.45) is 0.911. The van der Waals surface area contributed by atoms with E-state index in [0.29, 0.717) is 31.1 Å². The third-order valence-corrected chi connectivity index (χ3v) is 4.13. The molecule has 2 rings (SSSR count). The molecule has 0 aliphatic carbocycles. The average Bonchev–Trinajstić information content (AvgIpc) is 2.89. The molecule has 21 heavy (non-hydrogen) atoms. The van der Waals surface area contributed by atoms with Crippen LogP contribution in [0.1, 0.15) is 25.1 Å². The van der Waals surface area contributed by atoms with Crippen LogP contribution in [0.2, 0.25) is 0 Å². The van der Waals surface area contributed by atoms with E-state index in [0.717, 1.165) is 17.4 Å². The van der Waals surface area contributed by atoms with E-state index in [-0.39, 0.29) is 0 Å². The van der Waals surface area contributed by atoms with Gasteiger partial charge in [-0.05, 0) is 35.3 Å². The van der Waals surface area contributed by atoms with Gasteiger partial charge >= 0.3 is 6.01 Å². The molecule has 0 saturated carbocycles. The lowest BCUT2D eigenvalue weighted by Crippen LogP contribution is -2.10. The van der Waals surface area contributed by atoms with Crippen LogP contribution >= 0.6 is 27.3 Å². The summed E-state index contributed by atoms with van der Waals surface area (Å²) in [4.78, 5) is 14.0. The van der Waals surface area contributed by atoms with E-state index in [1.54, 1.807) is 11.3 Å². The third-order valence-electron chi connectivity index (χ3n) is 2.43. The molecule has 6 nitrogen and oxygen atoms in total. The standard InChI is InChI=1S/C13H18BrN5OS/c1-3-5-20-13-18-11(15-4-2)17-12(19-13)16-7-10-6-9(14)8-21-10/h6,8H,3-5,7H2,1-2H3,(H2,15,16,17,18,19). The zero-order chi connectivity index (χ0) is 15.1. The van der Waals surface area contributed by atoms with Crippen molar-refractivity contribution in [2.24, 2.45) is 0 Å². The van der Waals surface area contributed by atoms with Gasteiger partial charge in [-0.2, -0.15) is 15.0 Å². The maximum Gasteiger partial charge on any atom is 0.323 e. The van der Waals surface area contributed by atoms with E-state index in [1.165, 1.54) is 4.88 Å². The number of nitrogens with zero attached hydrogens (tertiary/aromatic N) is 3. The fraction of sp³-hybridized carbons (Fsp3) is 0.462. The van der Waals surface area contributed by atoms with Gasteiger partial charge in [0.05, 0.1) is 13.2 Å². The van der Waals surface area contributed by atoms with Gasteiger partial charge in [0.1, 0.15) is 0 Å². The number of hydrogen-bond donors (Lipinski definition) is 2. The molecule has 0 aliphatic heterocycles. The van der Waals surface area contributed by atoms with E-state index >= 15 is 0 Å². The third kappa shape index (κ3) is 5.13. The Labute approximate surface area is 136 Å². The van der Waals surface area contributed by atoms with Crippen LogP contribution in [0.15, 0.2) is 15.9 Å². The van der Waals surface area contributed by atoms with Crippen LogP contribution in [-0.2, 0) is 6.54 Å². The van der Waals surface area contributed by atoms with Gasteiger partial charge in [0, 0.05) is 21.3 Å². The van der Waals surface area contributed by atoms with Crippen LogP contribution in [0, 0.1) is 0 Å². The molecule has 0 amide bonds. The number of aromatic nitrogens is 3. The van der Waals surface area contributed by atoms with Crippen molar-refractivity contribution in [3.05, 3.63) is 20.8 Å². The zero-order valence-electron chi connectivity index (χ0n) is 12.0. The fourth-order valence-corrected chi connectivity index (χ4v) is 2.93. The van der Waals surface area contributed by atoms with Crippen LogP contribution in [-0.4, -0.2) is 28.1 Å². The monoisotopic (exact) mass is 371 g/mol. The maximum absolute atomic E-state index is 5.49. The van der Waals surface area contributed by atoms with Crippen molar-refractivity contribution >= 4 is 39.2 Å².